The van der Waals surface area contributed by atoms with Crippen LogP contribution in [0.3, 0.4) is 0 Å². The molecule has 4 rings (SSSR count). The zero-order chi connectivity index (χ0) is 22.0. The van der Waals surface area contributed by atoms with Crippen molar-refractivity contribution in [1.29, 1.82) is 0 Å². The van der Waals surface area contributed by atoms with Gasteiger partial charge in [-0.15, -0.1) is 0 Å². The molecular formula is C23H28FN5O2. The molecule has 2 aliphatic heterocycles. The lowest BCUT2D eigenvalue weighted by Crippen LogP contribution is -2.36. The van der Waals surface area contributed by atoms with Gasteiger partial charge in [-0.25, -0.2) is 14.4 Å². The number of anilines is 1. The number of aryl methyl sites for hydroxylation is 1. The van der Waals surface area contributed by atoms with Crippen LogP contribution in [0.1, 0.15) is 54.9 Å². The molecule has 1 saturated heterocycles. The molecule has 2 aliphatic rings. The van der Waals surface area contributed by atoms with Gasteiger partial charge >= 0.3 is 0 Å². The van der Waals surface area contributed by atoms with Gasteiger partial charge < -0.3 is 15.1 Å². The molecule has 0 saturated carbocycles. The molecule has 2 amide bonds. The molecule has 7 nitrogen and oxygen atoms in total. The van der Waals surface area contributed by atoms with Crippen LogP contribution >= 0.6 is 0 Å². The first kappa shape index (κ1) is 21.2. The summed E-state index contributed by atoms with van der Waals surface area (Å²) in [4.78, 5) is 38.1. The number of nitrogens with one attached hydrogen (secondary N) is 1. The standard InChI is InChI=1S/C23H28FN5O2/c1-15(30)28-13-11-18-19(14-28)26-23(27-22(18)25-2)20-4-3-12-29(20)21(31)10-7-16-5-8-17(24)9-6-16/h5-6,8-9,20H,3-4,7,10-14H2,1-2H3,(H,25,26,27)/t20-/m1/s1. The summed E-state index contributed by atoms with van der Waals surface area (Å²) in [5.74, 6) is 1.25. The van der Waals surface area contributed by atoms with Gasteiger partial charge in [-0.05, 0) is 43.4 Å². The van der Waals surface area contributed by atoms with E-state index in [2.05, 4.69) is 5.32 Å². The Kier molecular flexibility index (Phi) is 6.15. The fourth-order valence-corrected chi connectivity index (χ4v) is 4.45. The Morgan fingerprint density at radius 2 is 1.97 bits per heavy atom. The summed E-state index contributed by atoms with van der Waals surface area (Å²) >= 11 is 0. The molecule has 0 aliphatic carbocycles. The van der Waals surface area contributed by atoms with Gasteiger partial charge in [0.05, 0.1) is 18.3 Å². The Hall–Kier alpha value is -3.03. The number of benzene rings is 1. The molecule has 31 heavy (non-hydrogen) atoms. The molecule has 1 N–H and O–H groups in total. The van der Waals surface area contributed by atoms with Crippen LogP contribution in [0, 0.1) is 5.82 Å². The fourth-order valence-electron chi connectivity index (χ4n) is 4.45. The van der Waals surface area contributed by atoms with Gasteiger partial charge in [0.15, 0.2) is 5.82 Å². The van der Waals surface area contributed by atoms with Crippen molar-refractivity contribution >= 4 is 17.6 Å². The molecule has 1 atom stereocenters. The Morgan fingerprint density at radius 3 is 2.68 bits per heavy atom. The summed E-state index contributed by atoms with van der Waals surface area (Å²) in [6, 6.07) is 6.12. The second kappa shape index (κ2) is 8.99. The first-order chi connectivity index (χ1) is 15.0. The lowest BCUT2D eigenvalue weighted by atomic mass is 10.0. The summed E-state index contributed by atoms with van der Waals surface area (Å²) in [6.07, 6.45) is 3.38. The van der Waals surface area contributed by atoms with Gasteiger partial charge in [0.25, 0.3) is 0 Å². The normalized spacial score (nSPS) is 18.1. The van der Waals surface area contributed by atoms with Crippen LogP contribution in [-0.4, -0.2) is 51.7 Å². The molecule has 1 fully saturated rings. The molecular weight excluding hydrogens is 397 g/mol. The SMILES string of the molecule is CNc1nc([C@H]2CCCN2C(=O)CCc2ccc(F)cc2)nc2c1CCN(C(C)=O)C2. The van der Waals surface area contributed by atoms with Gasteiger partial charge in [0.1, 0.15) is 11.6 Å². The van der Waals surface area contributed by atoms with Crippen molar-refractivity contribution in [3.05, 3.63) is 52.7 Å². The van der Waals surface area contributed by atoms with Gasteiger partial charge in [0.2, 0.25) is 11.8 Å². The number of carbonyl (C=O) groups excluding carboxylic acids is 2. The number of hydrogen-bond acceptors (Lipinski definition) is 5. The van der Waals surface area contributed by atoms with Crippen LogP contribution in [0.2, 0.25) is 0 Å². The summed E-state index contributed by atoms with van der Waals surface area (Å²) in [7, 11) is 1.84. The van der Waals surface area contributed by atoms with Crippen molar-refractivity contribution in [2.24, 2.45) is 0 Å². The molecule has 0 radical (unpaired) electrons. The van der Waals surface area contributed by atoms with Crippen molar-refractivity contribution in [2.75, 3.05) is 25.5 Å². The Labute approximate surface area is 181 Å². The van der Waals surface area contributed by atoms with Gasteiger partial charge in [0, 0.05) is 39.0 Å². The van der Waals surface area contributed by atoms with Crippen molar-refractivity contribution in [1.82, 2.24) is 19.8 Å². The van der Waals surface area contributed by atoms with Crippen LogP contribution < -0.4 is 5.32 Å². The third-order valence-electron chi connectivity index (χ3n) is 6.18. The second-order valence-corrected chi connectivity index (χ2v) is 8.17. The molecule has 3 heterocycles. The van der Waals surface area contributed by atoms with E-state index in [9.17, 15) is 14.0 Å². The molecule has 164 valence electrons. The van der Waals surface area contributed by atoms with Crippen molar-refractivity contribution in [3.63, 3.8) is 0 Å². The maximum Gasteiger partial charge on any atom is 0.223 e. The minimum atomic E-state index is -0.275. The number of nitrogens with zero attached hydrogens (tertiary/aromatic N) is 4. The monoisotopic (exact) mass is 425 g/mol. The van der Waals surface area contributed by atoms with E-state index in [1.54, 1.807) is 24.0 Å². The van der Waals surface area contributed by atoms with E-state index in [1.807, 2.05) is 11.9 Å². The summed E-state index contributed by atoms with van der Waals surface area (Å²) < 4.78 is 13.1. The zero-order valence-electron chi connectivity index (χ0n) is 18.0. The van der Waals surface area contributed by atoms with Gasteiger partial charge in [-0.2, -0.15) is 0 Å². The second-order valence-electron chi connectivity index (χ2n) is 8.17. The lowest BCUT2D eigenvalue weighted by molar-refractivity contribution is -0.132. The van der Waals surface area contributed by atoms with Crippen LogP contribution in [0.15, 0.2) is 24.3 Å². The molecule has 2 aromatic rings. The molecule has 0 bridgehead atoms. The van der Waals surface area contributed by atoms with E-state index in [1.165, 1.54) is 12.1 Å². The van der Waals surface area contributed by atoms with E-state index >= 15 is 0 Å². The number of carbonyl (C=O) groups is 2. The van der Waals surface area contributed by atoms with E-state index < -0.39 is 0 Å². The topological polar surface area (TPSA) is 78.4 Å². The molecule has 1 aromatic carbocycles. The minimum Gasteiger partial charge on any atom is -0.373 e. The molecule has 8 heteroatoms. The van der Waals surface area contributed by atoms with E-state index in [0.717, 1.165) is 41.9 Å². The summed E-state index contributed by atoms with van der Waals surface area (Å²) in [6.45, 7) is 3.39. The minimum absolute atomic E-state index is 0.0373. The average molecular weight is 426 g/mol. The van der Waals surface area contributed by atoms with Crippen molar-refractivity contribution in [2.45, 2.75) is 51.6 Å². The summed E-state index contributed by atoms with van der Waals surface area (Å²) in [5.41, 5.74) is 2.86. The number of likely N-dealkylation sites (tertiary alicyclic amines) is 1. The average Bonchev–Trinajstić information content (AvgIpc) is 3.27. The quantitative estimate of drug-likeness (QED) is 0.797. The van der Waals surface area contributed by atoms with Crippen LogP contribution in [-0.2, 0) is 29.0 Å². The predicted octanol–water partition coefficient (Wildman–Crippen LogP) is 2.86. The predicted molar refractivity (Wildman–Crippen MR) is 115 cm³/mol. The highest BCUT2D eigenvalue weighted by Gasteiger charge is 2.33. The fraction of sp³-hybridized carbons (Fsp3) is 0.478. The maximum absolute atomic E-state index is 13.1. The van der Waals surface area contributed by atoms with E-state index in [4.69, 9.17) is 9.97 Å². The Bertz CT molecular complexity index is 979. The first-order valence-electron chi connectivity index (χ1n) is 10.8. The highest BCUT2D eigenvalue weighted by molar-refractivity contribution is 5.77. The van der Waals surface area contributed by atoms with Crippen LogP contribution in [0.25, 0.3) is 0 Å². The maximum atomic E-state index is 13.1. The van der Waals surface area contributed by atoms with Gasteiger partial charge in [-0.1, -0.05) is 12.1 Å². The van der Waals surface area contributed by atoms with Crippen LogP contribution in [0.5, 0.6) is 0 Å². The molecule has 0 unspecified atom stereocenters. The summed E-state index contributed by atoms with van der Waals surface area (Å²) in [5, 5.41) is 3.17. The van der Waals surface area contributed by atoms with Gasteiger partial charge in [-0.3, -0.25) is 9.59 Å². The number of hydrogen-bond donors (Lipinski definition) is 1. The van der Waals surface area contributed by atoms with Crippen molar-refractivity contribution in [3.8, 4) is 0 Å². The Balaban J connectivity index is 1.52. The number of rotatable bonds is 5. The largest absolute Gasteiger partial charge is 0.373 e. The lowest BCUT2D eigenvalue weighted by Gasteiger charge is -2.30. The number of halogens is 1. The number of fused-ring (bicyclic) bond motifs is 1. The third kappa shape index (κ3) is 4.52. The Morgan fingerprint density at radius 1 is 1.19 bits per heavy atom. The molecule has 1 aromatic heterocycles. The highest BCUT2D eigenvalue weighted by atomic mass is 19.1. The first-order valence-corrected chi connectivity index (χ1v) is 10.8. The van der Waals surface area contributed by atoms with E-state index in [-0.39, 0.29) is 23.7 Å². The molecule has 0 spiro atoms. The van der Waals surface area contributed by atoms with E-state index in [0.29, 0.717) is 38.3 Å². The number of aromatic nitrogens is 2. The zero-order valence-corrected chi connectivity index (χ0v) is 18.0. The smallest absolute Gasteiger partial charge is 0.223 e. The number of amides is 2. The van der Waals surface area contributed by atoms with Crippen LogP contribution in [0.4, 0.5) is 10.2 Å². The van der Waals surface area contributed by atoms with Crippen molar-refractivity contribution < 1.29 is 14.0 Å². The third-order valence-corrected chi connectivity index (χ3v) is 6.18. The highest BCUT2D eigenvalue weighted by Crippen LogP contribution is 2.33.